The summed E-state index contributed by atoms with van der Waals surface area (Å²) in [5, 5.41) is 0.441. The SMILES string of the molecule is CN(Cc1ccc(Cl)nc1)C(=O)C1CC(=O)N(C2CCCC2)C1. The minimum absolute atomic E-state index is 0.0359. The molecule has 2 amide bonds. The van der Waals surface area contributed by atoms with Gasteiger partial charge in [0.05, 0.1) is 5.92 Å². The van der Waals surface area contributed by atoms with Crippen molar-refractivity contribution in [3.05, 3.63) is 29.0 Å². The second-order valence-electron chi connectivity index (χ2n) is 6.57. The fourth-order valence-electron chi connectivity index (χ4n) is 3.63. The van der Waals surface area contributed by atoms with Crippen LogP contribution in [0.4, 0.5) is 0 Å². The largest absolute Gasteiger partial charge is 0.341 e. The molecule has 0 radical (unpaired) electrons. The van der Waals surface area contributed by atoms with Crippen molar-refractivity contribution in [1.82, 2.24) is 14.8 Å². The number of hydrogen-bond donors (Lipinski definition) is 0. The molecule has 3 rings (SSSR count). The number of amides is 2. The summed E-state index contributed by atoms with van der Waals surface area (Å²) in [5.41, 5.74) is 0.933. The Morgan fingerprint density at radius 1 is 1.39 bits per heavy atom. The molecule has 6 heteroatoms. The van der Waals surface area contributed by atoms with Crippen molar-refractivity contribution < 1.29 is 9.59 Å². The highest BCUT2D eigenvalue weighted by molar-refractivity contribution is 6.29. The summed E-state index contributed by atoms with van der Waals surface area (Å²) in [4.78, 5) is 32.5. The highest BCUT2D eigenvalue weighted by Crippen LogP contribution is 2.30. The third-order valence-electron chi connectivity index (χ3n) is 4.86. The summed E-state index contributed by atoms with van der Waals surface area (Å²) in [6.45, 7) is 1.06. The Labute approximate surface area is 141 Å². The average molecular weight is 336 g/mol. The Morgan fingerprint density at radius 3 is 2.78 bits per heavy atom. The molecular weight excluding hydrogens is 314 g/mol. The first-order chi connectivity index (χ1) is 11.0. The lowest BCUT2D eigenvalue weighted by Gasteiger charge is -2.25. The van der Waals surface area contributed by atoms with E-state index in [9.17, 15) is 9.59 Å². The van der Waals surface area contributed by atoms with Gasteiger partial charge in [0.2, 0.25) is 11.8 Å². The van der Waals surface area contributed by atoms with Crippen molar-refractivity contribution in [2.75, 3.05) is 13.6 Å². The number of nitrogens with zero attached hydrogens (tertiary/aromatic N) is 3. The molecule has 5 nitrogen and oxygen atoms in total. The Balaban J connectivity index is 1.59. The van der Waals surface area contributed by atoms with Gasteiger partial charge in [0.15, 0.2) is 0 Å². The summed E-state index contributed by atoms with van der Waals surface area (Å²) in [6, 6.07) is 3.94. The number of halogens is 1. The van der Waals surface area contributed by atoms with Crippen molar-refractivity contribution >= 4 is 23.4 Å². The van der Waals surface area contributed by atoms with Crippen molar-refractivity contribution in [2.45, 2.75) is 44.7 Å². The Kier molecular flexibility index (Phi) is 4.85. The summed E-state index contributed by atoms with van der Waals surface area (Å²) in [5.74, 6) is -0.0426. The topological polar surface area (TPSA) is 53.5 Å². The van der Waals surface area contributed by atoms with E-state index in [0.717, 1.165) is 18.4 Å². The van der Waals surface area contributed by atoms with Crippen LogP contribution in [0.3, 0.4) is 0 Å². The number of carbonyl (C=O) groups is 2. The fraction of sp³-hybridized carbons (Fsp3) is 0.588. The molecule has 0 aromatic carbocycles. The first kappa shape index (κ1) is 16.2. The van der Waals surface area contributed by atoms with E-state index in [1.54, 1.807) is 24.2 Å². The molecule has 124 valence electrons. The zero-order valence-electron chi connectivity index (χ0n) is 13.4. The first-order valence-electron chi connectivity index (χ1n) is 8.19. The quantitative estimate of drug-likeness (QED) is 0.794. The Morgan fingerprint density at radius 2 is 2.13 bits per heavy atom. The molecule has 2 fully saturated rings. The van der Waals surface area contributed by atoms with E-state index in [4.69, 9.17) is 11.6 Å². The molecule has 23 heavy (non-hydrogen) atoms. The van der Waals surface area contributed by atoms with Gasteiger partial charge in [-0.1, -0.05) is 30.5 Å². The minimum atomic E-state index is -0.214. The third kappa shape index (κ3) is 3.66. The molecule has 0 bridgehead atoms. The molecule has 0 spiro atoms. The lowest BCUT2D eigenvalue weighted by atomic mass is 10.1. The van der Waals surface area contributed by atoms with Crippen molar-refractivity contribution in [2.24, 2.45) is 5.92 Å². The van der Waals surface area contributed by atoms with Crippen molar-refractivity contribution in [3.63, 3.8) is 0 Å². The summed E-state index contributed by atoms with van der Waals surface area (Å²) in [7, 11) is 1.78. The maximum absolute atomic E-state index is 12.6. The lowest BCUT2D eigenvalue weighted by molar-refractivity contribution is -0.135. The number of likely N-dealkylation sites (tertiary alicyclic amines) is 1. The summed E-state index contributed by atoms with van der Waals surface area (Å²) < 4.78 is 0. The second-order valence-corrected chi connectivity index (χ2v) is 6.96. The van der Waals surface area contributed by atoms with Gasteiger partial charge in [0.1, 0.15) is 5.15 Å². The van der Waals surface area contributed by atoms with E-state index < -0.39 is 0 Å². The highest BCUT2D eigenvalue weighted by Gasteiger charge is 2.39. The van der Waals surface area contributed by atoms with Gasteiger partial charge in [-0.15, -0.1) is 0 Å². The van der Waals surface area contributed by atoms with Gasteiger partial charge in [-0.2, -0.15) is 0 Å². The standard InChI is InChI=1S/C17H22ClN3O2/c1-20(10-12-6-7-15(18)19-9-12)17(23)13-8-16(22)21(11-13)14-4-2-3-5-14/h6-7,9,13-14H,2-5,8,10-11H2,1H3. The molecular formula is C17H22ClN3O2. The smallest absolute Gasteiger partial charge is 0.228 e. The van der Waals surface area contributed by atoms with Gasteiger partial charge in [-0.05, 0) is 24.5 Å². The normalized spacial score (nSPS) is 21.9. The van der Waals surface area contributed by atoms with E-state index >= 15 is 0 Å². The maximum Gasteiger partial charge on any atom is 0.228 e. The third-order valence-corrected chi connectivity index (χ3v) is 5.08. The second kappa shape index (κ2) is 6.87. The average Bonchev–Trinajstić information content (AvgIpc) is 3.18. The van der Waals surface area contributed by atoms with Gasteiger partial charge < -0.3 is 9.80 Å². The molecule has 1 unspecified atom stereocenters. The highest BCUT2D eigenvalue weighted by atomic mass is 35.5. The van der Waals surface area contributed by atoms with Gasteiger partial charge in [-0.3, -0.25) is 9.59 Å². The molecule has 0 N–H and O–H groups in total. The predicted octanol–water partition coefficient (Wildman–Crippen LogP) is 2.48. The number of hydrogen-bond acceptors (Lipinski definition) is 3. The molecule has 1 aliphatic heterocycles. The number of pyridine rings is 1. The van der Waals surface area contributed by atoms with E-state index in [1.807, 2.05) is 11.0 Å². The number of aromatic nitrogens is 1. The molecule has 1 saturated heterocycles. The Bertz CT molecular complexity index is 584. The van der Waals surface area contributed by atoms with Crippen LogP contribution in [0.1, 0.15) is 37.7 Å². The van der Waals surface area contributed by atoms with Crippen molar-refractivity contribution in [1.29, 1.82) is 0 Å². The number of carbonyl (C=O) groups excluding carboxylic acids is 2. The van der Waals surface area contributed by atoms with Crippen LogP contribution in [0, 0.1) is 5.92 Å². The van der Waals surface area contributed by atoms with Gasteiger partial charge in [0.25, 0.3) is 0 Å². The fourth-order valence-corrected chi connectivity index (χ4v) is 3.74. The molecule has 1 aliphatic carbocycles. The molecule has 1 atom stereocenters. The van der Waals surface area contributed by atoms with Crippen LogP contribution in [-0.2, 0) is 16.1 Å². The molecule has 1 saturated carbocycles. The predicted molar refractivity (Wildman–Crippen MR) is 87.8 cm³/mol. The van der Waals surface area contributed by atoms with E-state index in [0.29, 0.717) is 30.7 Å². The summed E-state index contributed by atoms with van der Waals surface area (Å²) >= 11 is 5.77. The molecule has 2 heterocycles. The zero-order chi connectivity index (χ0) is 16.4. The van der Waals surface area contributed by atoms with Crippen LogP contribution >= 0.6 is 11.6 Å². The summed E-state index contributed by atoms with van der Waals surface area (Å²) in [6.07, 6.45) is 6.57. The van der Waals surface area contributed by atoms with Gasteiger partial charge >= 0.3 is 0 Å². The maximum atomic E-state index is 12.6. The Hall–Kier alpha value is -1.62. The molecule has 2 aliphatic rings. The van der Waals surface area contributed by atoms with Crippen LogP contribution in [0.15, 0.2) is 18.3 Å². The van der Waals surface area contributed by atoms with Gasteiger partial charge in [0, 0.05) is 38.8 Å². The van der Waals surface area contributed by atoms with Crippen molar-refractivity contribution in [3.8, 4) is 0 Å². The van der Waals surface area contributed by atoms with E-state index in [1.165, 1.54) is 12.8 Å². The number of rotatable bonds is 4. The van der Waals surface area contributed by atoms with E-state index in [2.05, 4.69) is 4.98 Å². The van der Waals surface area contributed by atoms with Crippen LogP contribution in [0.25, 0.3) is 0 Å². The lowest BCUT2D eigenvalue weighted by Crippen LogP contribution is -2.37. The van der Waals surface area contributed by atoms with Crippen LogP contribution in [-0.4, -0.2) is 46.2 Å². The van der Waals surface area contributed by atoms with Crippen LogP contribution < -0.4 is 0 Å². The monoisotopic (exact) mass is 335 g/mol. The van der Waals surface area contributed by atoms with Gasteiger partial charge in [-0.25, -0.2) is 4.98 Å². The minimum Gasteiger partial charge on any atom is -0.341 e. The van der Waals surface area contributed by atoms with Crippen LogP contribution in [0.2, 0.25) is 5.15 Å². The molecule has 1 aromatic rings. The van der Waals surface area contributed by atoms with Crippen LogP contribution in [0.5, 0.6) is 0 Å². The first-order valence-corrected chi connectivity index (χ1v) is 8.57. The molecule has 1 aromatic heterocycles. The zero-order valence-corrected chi connectivity index (χ0v) is 14.1. The van der Waals surface area contributed by atoms with E-state index in [-0.39, 0.29) is 17.7 Å².